The number of fused-ring (bicyclic) bond motifs is 1. The Labute approximate surface area is 147 Å². The second-order valence-electron chi connectivity index (χ2n) is 5.62. The van der Waals surface area contributed by atoms with E-state index in [-0.39, 0.29) is 0 Å². The van der Waals surface area contributed by atoms with Crippen LogP contribution in [0.15, 0.2) is 41.9 Å². The third-order valence-corrected chi connectivity index (χ3v) is 5.51. The van der Waals surface area contributed by atoms with Gasteiger partial charge in [-0.15, -0.1) is 0 Å². The van der Waals surface area contributed by atoms with Gasteiger partial charge in [-0.1, -0.05) is 12.1 Å². The van der Waals surface area contributed by atoms with E-state index in [0.29, 0.717) is 29.4 Å². The lowest BCUT2D eigenvalue weighted by molar-refractivity contribution is 0.355. The molecule has 0 fully saturated rings. The van der Waals surface area contributed by atoms with E-state index in [1.807, 2.05) is 12.1 Å². The first-order valence-electron chi connectivity index (χ1n) is 7.92. The van der Waals surface area contributed by atoms with Crippen LogP contribution in [0, 0.1) is 0 Å². The first-order chi connectivity index (χ1) is 12.0. The van der Waals surface area contributed by atoms with Crippen LogP contribution in [-0.2, 0) is 16.4 Å². The third kappa shape index (κ3) is 3.61. The molecular weight excluding hydrogens is 340 g/mol. The van der Waals surface area contributed by atoms with Gasteiger partial charge in [0, 0.05) is 12.7 Å². The van der Waals surface area contributed by atoms with Gasteiger partial charge in [0.05, 0.1) is 19.6 Å². The molecule has 1 aromatic heterocycles. The number of pyridine rings is 1. The Kier molecular flexibility index (Phi) is 4.94. The van der Waals surface area contributed by atoms with Crippen LogP contribution in [0.4, 0.5) is 5.82 Å². The minimum atomic E-state index is -3.61. The van der Waals surface area contributed by atoms with E-state index in [1.165, 1.54) is 9.71 Å². The lowest BCUT2D eigenvalue weighted by Crippen LogP contribution is -2.34. The minimum absolute atomic E-state index is 0.433. The van der Waals surface area contributed by atoms with Crippen LogP contribution in [0.5, 0.6) is 11.5 Å². The van der Waals surface area contributed by atoms with Gasteiger partial charge in [-0.3, -0.25) is 4.31 Å². The van der Waals surface area contributed by atoms with E-state index in [4.69, 9.17) is 9.47 Å². The average Bonchev–Trinajstić information content (AvgIpc) is 2.65. The van der Waals surface area contributed by atoms with Gasteiger partial charge in [0.15, 0.2) is 11.5 Å². The maximum Gasteiger partial charge on any atom is 0.258 e. The second kappa shape index (κ2) is 7.14. The zero-order chi connectivity index (χ0) is 17.9. The van der Waals surface area contributed by atoms with Crippen molar-refractivity contribution in [3.63, 3.8) is 0 Å². The summed E-state index contributed by atoms with van der Waals surface area (Å²) in [5, 5.41) is 1.21. The van der Waals surface area contributed by atoms with Crippen molar-refractivity contribution in [3.8, 4) is 11.5 Å². The molecule has 25 heavy (non-hydrogen) atoms. The largest absolute Gasteiger partial charge is 0.493 e. The van der Waals surface area contributed by atoms with Crippen LogP contribution in [0.3, 0.4) is 0 Å². The summed E-state index contributed by atoms with van der Waals surface area (Å²) in [6.45, 7) is 0.433. The Morgan fingerprint density at radius 3 is 2.72 bits per heavy atom. The molecule has 1 aliphatic heterocycles. The highest BCUT2D eigenvalue weighted by Crippen LogP contribution is 2.29. The standard InChI is InChI=1S/C18H20N2O4S/c1-23-16-8-7-14(13-17(16)24-2)9-12-25(21,22)20-11-4-6-15-5-3-10-19-18(15)20/h3,5,7-10,12-13H,4,6,11H2,1-2H3/b12-9+. The number of methoxy groups -OCH3 is 2. The fourth-order valence-corrected chi connectivity index (χ4v) is 4.08. The number of nitrogens with zero attached hydrogens (tertiary/aromatic N) is 2. The highest BCUT2D eigenvalue weighted by molar-refractivity contribution is 7.95. The van der Waals surface area contributed by atoms with Gasteiger partial charge in [0.25, 0.3) is 10.0 Å². The van der Waals surface area contributed by atoms with Crippen molar-refractivity contribution in [2.75, 3.05) is 25.1 Å². The lowest BCUT2D eigenvalue weighted by Gasteiger charge is -2.27. The van der Waals surface area contributed by atoms with Gasteiger partial charge in [-0.2, -0.15) is 0 Å². The van der Waals surface area contributed by atoms with Gasteiger partial charge in [0.1, 0.15) is 5.82 Å². The fraction of sp³-hybridized carbons (Fsp3) is 0.278. The molecule has 1 aromatic carbocycles. The Balaban J connectivity index is 1.89. The number of aromatic nitrogens is 1. The number of anilines is 1. The Bertz CT molecular complexity index is 894. The Morgan fingerprint density at radius 2 is 1.96 bits per heavy atom. The maximum absolute atomic E-state index is 12.7. The van der Waals surface area contributed by atoms with Crippen LogP contribution in [0.1, 0.15) is 17.5 Å². The number of hydrogen-bond acceptors (Lipinski definition) is 5. The van der Waals surface area contributed by atoms with Crippen molar-refractivity contribution in [3.05, 3.63) is 53.1 Å². The molecule has 3 rings (SSSR count). The number of aryl methyl sites for hydroxylation is 1. The molecule has 0 radical (unpaired) electrons. The number of sulfonamides is 1. The van der Waals surface area contributed by atoms with Crippen molar-refractivity contribution in [1.82, 2.24) is 4.98 Å². The fourth-order valence-electron chi connectivity index (χ4n) is 2.81. The number of ether oxygens (including phenoxy) is 2. The summed E-state index contributed by atoms with van der Waals surface area (Å²) in [5.74, 6) is 1.66. The van der Waals surface area contributed by atoms with Crippen LogP contribution in [0.2, 0.25) is 0 Å². The highest BCUT2D eigenvalue weighted by atomic mass is 32.2. The topological polar surface area (TPSA) is 68.7 Å². The first-order valence-corrected chi connectivity index (χ1v) is 9.42. The predicted molar refractivity (Wildman–Crippen MR) is 97.4 cm³/mol. The monoisotopic (exact) mass is 360 g/mol. The van der Waals surface area contributed by atoms with Crippen molar-refractivity contribution < 1.29 is 17.9 Å². The Morgan fingerprint density at radius 1 is 1.16 bits per heavy atom. The zero-order valence-corrected chi connectivity index (χ0v) is 15.0. The van der Waals surface area contributed by atoms with Crippen molar-refractivity contribution in [2.24, 2.45) is 0 Å². The van der Waals surface area contributed by atoms with Gasteiger partial charge >= 0.3 is 0 Å². The number of hydrogen-bond donors (Lipinski definition) is 0. The van der Waals surface area contributed by atoms with E-state index in [9.17, 15) is 8.42 Å². The summed E-state index contributed by atoms with van der Waals surface area (Å²) < 4.78 is 37.3. The molecule has 132 valence electrons. The summed E-state index contributed by atoms with van der Waals surface area (Å²) in [7, 11) is -0.518. The molecule has 0 aliphatic carbocycles. The second-order valence-corrected chi connectivity index (χ2v) is 7.37. The highest BCUT2D eigenvalue weighted by Gasteiger charge is 2.26. The third-order valence-electron chi connectivity index (χ3n) is 4.06. The van der Waals surface area contributed by atoms with Crippen molar-refractivity contribution in [2.45, 2.75) is 12.8 Å². The normalized spacial score (nSPS) is 14.4. The molecule has 0 atom stereocenters. The van der Waals surface area contributed by atoms with Crippen molar-refractivity contribution in [1.29, 1.82) is 0 Å². The van der Waals surface area contributed by atoms with E-state index in [0.717, 1.165) is 18.4 Å². The molecule has 0 bridgehead atoms. The van der Waals surface area contributed by atoms with Crippen LogP contribution >= 0.6 is 0 Å². The van der Waals surface area contributed by atoms with Crippen LogP contribution in [0.25, 0.3) is 6.08 Å². The van der Waals surface area contributed by atoms with Crippen LogP contribution < -0.4 is 13.8 Å². The summed E-state index contributed by atoms with van der Waals surface area (Å²) in [5.41, 5.74) is 1.66. The quantitative estimate of drug-likeness (QED) is 0.820. The molecule has 0 spiro atoms. The molecule has 6 nitrogen and oxygen atoms in total. The molecule has 1 aliphatic rings. The summed E-state index contributed by atoms with van der Waals surface area (Å²) in [6.07, 6.45) is 4.79. The van der Waals surface area contributed by atoms with Crippen molar-refractivity contribution >= 4 is 21.9 Å². The number of benzene rings is 1. The molecule has 2 aromatic rings. The van der Waals surface area contributed by atoms with E-state index < -0.39 is 10.0 Å². The molecule has 0 saturated heterocycles. The first kappa shape index (κ1) is 17.3. The van der Waals surface area contributed by atoms with Crippen LogP contribution in [-0.4, -0.2) is 34.2 Å². The van der Waals surface area contributed by atoms with Gasteiger partial charge in [-0.05, 0) is 48.2 Å². The summed E-state index contributed by atoms with van der Waals surface area (Å²) >= 11 is 0. The average molecular weight is 360 g/mol. The zero-order valence-electron chi connectivity index (χ0n) is 14.2. The maximum atomic E-state index is 12.7. The molecule has 0 amide bonds. The van der Waals surface area contributed by atoms with E-state index >= 15 is 0 Å². The molecule has 0 N–H and O–H groups in total. The van der Waals surface area contributed by atoms with Gasteiger partial charge in [-0.25, -0.2) is 13.4 Å². The van der Waals surface area contributed by atoms with E-state index in [2.05, 4.69) is 4.98 Å². The number of rotatable bonds is 5. The molecular formula is C18H20N2O4S. The predicted octanol–water partition coefficient (Wildman–Crippen LogP) is 2.85. The smallest absolute Gasteiger partial charge is 0.258 e. The summed E-state index contributed by atoms with van der Waals surface area (Å²) in [6, 6.07) is 8.99. The Hall–Kier alpha value is -2.54. The minimum Gasteiger partial charge on any atom is -0.493 e. The SMILES string of the molecule is COc1ccc(/C=C/S(=O)(=O)N2CCCc3cccnc32)cc1OC. The molecule has 2 heterocycles. The molecule has 7 heteroatoms. The van der Waals surface area contributed by atoms with E-state index in [1.54, 1.807) is 44.7 Å². The lowest BCUT2D eigenvalue weighted by atomic mass is 10.1. The van der Waals surface area contributed by atoms with Gasteiger partial charge < -0.3 is 9.47 Å². The summed E-state index contributed by atoms with van der Waals surface area (Å²) in [4.78, 5) is 4.25. The molecule has 0 saturated carbocycles. The van der Waals surface area contributed by atoms with Gasteiger partial charge in [0.2, 0.25) is 0 Å². The molecule has 0 unspecified atom stereocenters.